The topological polar surface area (TPSA) is 76.1 Å². The van der Waals surface area contributed by atoms with Gasteiger partial charge in [0.1, 0.15) is 11.5 Å². The Hall–Kier alpha value is -1.83. The predicted molar refractivity (Wildman–Crippen MR) is 87.3 cm³/mol. The summed E-state index contributed by atoms with van der Waals surface area (Å²) < 4.78 is 36.1. The molecule has 7 heteroatoms. The first-order chi connectivity index (χ1) is 10.9. The Labute approximate surface area is 135 Å². The Morgan fingerprint density at radius 3 is 2.22 bits per heavy atom. The molecule has 0 spiro atoms. The molecular formula is C16H19NO5S. The zero-order chi connectivity index (χ0) is 16.8. The van der Waals surface area contributed by atoms with E-state index in [1.165, 1.54) is 4.31 Å². The fraction of sp³-hybridized carbons (Fsp3) is 0.375. The highest BCUT2D eigenvalue weighted by Gasteiger charge is 2.35. The van der Waals surface area contributed by atoms with Gasteiger partial charge in [-0.1, -0.05) is 24.3 Å². The molecule has 1 aliphatic rings. The quantitative estimate of drug-likeness (QED) is 0.922. The Kier molecular flexibility index (Phi) is 3.95. The van der Waals surface area contributed by atoms with E-state index in [-0.39, 0.29) is 13.1 Å². The molecule has 0 radical (unpaired) electrons. The molecule has 1 aliphatic heterocycles. The van der Waals surface area contributed by atoms with Crippen molar-refractivity contribution in [2.45, 2.75) is 12.6 Å². The first kappa shape index (κ1) is 16.0. The van der Waals surface area contributed by atoms with Gasteiger partial charge in [-0.3, -0.25) is 0 Å². The van der Waals surface area contributed by atoms with Crippen molar-refractivity contribution in [3.8, 4) is 11.5 Å². The van der Waals surface area contributed by atoms with Gasteiger partial charge in [-0.2, -0.15) is 4.31 Å². The van der Waals surface area contributed by atoms with Crippen LogP contribution in [0.3, 0.4) is 0 Å². The molecule has 1 heterocycles. The number of fused-ring (bicyclic) bond motifs is 2. The molecule has 0 fully saturated rings. The molecule has 124 valence electrons. The molecule has 0 bridgehead atoms. The summed E-state index contributed by atoms with van der Waals surface area (Å²) in [6.07, 6.45) is 0.164. The van der Waals surface area contributed by atoms with Crippen molar-refractivity contribution >= 4 is 20.8 Å². The van der Waals surface area contributed by atoms with E-state index in [4.69, 9.17) is 9.47 Å². The van der Waals surface area contributed by atoms with Crippen LogP contribution >= 0.6 is 0 Å². The Morgan fingerprint density at radius 1 is 1.13 bits per heavy atom. The van der Waals surface area contributed by atoms with Crippen LogP contribution in [-0.4, -0.2) is 44.8 Å². The van der Waals surface area contributed by atoms with Crippen LogP contribution in [0.1, 0.15) is 17.2 Å². The average molecular weight is 337 g/mol. The molecule has 2 aromatic rings. The van der Waals surface area contributed by atoms with E-state index >= 15 is 0 Å². The SMILES string of the molecule is COc1c2c(c(OC)c3ccccc13)C(O)CN(S(C)(=O)=O)C2. The predicted octanol–water partition coefficient (Wildman–Crippen LogP) is 1.67. The fourth-order valence-corrected chi connectivity index (χ4v) is 3.96. The van der Waals surface area contributed by atoms with Crippen LogP contribution in [0.15, 0.2) is 24.3 Å². The number of benzene rings is 2. The summed E-state index contributed by atoms with van der Waals surface area (Å²) in [5.74, 6) is 1.14. The Balaban J connectivity index is 2.36. The third kappa shape index (κ3) is 2.54. The molecule has 0 amide bonds. The standard InChI is InChI=1S/C16H19NO5S/c1-21-15-10-6-4-5-7-11(10)16(22-2)14-12(15)8-17(9-13(14)18)23(3,19)20/h4-7,13,18H,8-9H2,1-3H3. The van der Waals surface area contributed by atoms with Gasteiger partial charge in [0.25, 0.3) is 0 Å². The van der Waals surface area contributed by atoms with Crippen molar-refractivity contribution in [1.29, 1.82) is 0 Å². The highest BCUT2D eigenvalue weighted by atomic mass is 32.2. The van der Waals surface area contributed by atoms with E-state index in [1.54, 1.807) is 14.2 Å². The van der Waals surface area contributed by atoms with Crippen LogP contribution < -0.4 is 9.47 Å². The third-order valence-corrected chi connectivity index (χ3v) is 5.40. The van der Waals surface area contributed by atoms with Gasteiger partial charge in [0.15, 0.2) is 0 Å². The Bertz CT molecular complexity index is 862. The lowest BCUT2D eigenvalue weighted by Gasteiger charge is -2.33. The van der Waals surface area contributed by atoms with E-state index in [0.29, 0.717) is 22.6 Å². The number of hydrogen-bond acceptors (Lipinski definition) is 5. The summed E-state index contributed by atoms with van der Waals surface area (Å²) in [6.45, 7) is 0.152. The fourth-order valence-electron chi connectivity index (χ4n) is 3.19. The maximum atomic E-state index is 11.9. The number of ether oxygens (including phenoxy) is 2. The maximum absolute atomic E-state index is 11.9. The van der Waals surface area contributed by atoms with Crippen LogP contribution in [0, 0.1) is 0 Å². The number of rotatable bonds is 3. The summed E-state index contributed by atoms with van der Waals surface area (Å²) in [5.41, 5.74) is 1.25. The monoisotopic (exact) mass is 337 g/mol. The minimum Gasteiger partial charge on any atom is -0.496 e. The highest BCUT2D eigenvalue weighted by molar-refractivity contribution is 7.88. The third-order valence-electron chi connectivity index (χ3n) is 4.18. The number of methoxy groups -OCH3 is 2. The molecule has 0 saturated carbocycles. The smallest absolute Gasteiger partial charge is 0.211 e. The lowest BCUT2D eigenvalue weighted by atomic mass is 9.92. The van der Waals surface area contributed by atoms with Gasteiger partial charge in [-0.05, 0) is 0 Å². The van der Waals surface area contributed by atoms with Crippen LogP contribution in [0.2, 0.25) is 0 Å². The molecule has 0 saturated heterocycles. The lowest BCUT2D eigenvalue weighted by molar-refractivity contribution is 0.127. The van der Waals surface area contributed by atoms with E-state index in [2.05, 4.69) is 0 Å². The minimum atomic E-state index is -3.42. The number of hydrogen-bond donors (Lipinski definition) is 1. The van der Waals surface area contributed by atoms with Crippen molar-refractivity contribution in [2.75, 3.05) is 27.0 Å². The van der Waals surface area contributed by atoms with Crippen molar-refractivity contribution in [3.05, 3.63) is 35.4 Å². The van der Waals surface area contributed by atoms with E-state index in [9.17, 15) is 13.5 Å². The molecule has 23 heavy (non-hydrogen) atoms. The molecule has 0 aliphatic carbocycles. The summed E-state index contributed by atoms with van der Waals surface area (Å²) in [4.78, 5) is 0. The van der Waals surface area contributed by atoms with Crippen molar-refractivity contribution < 1.29 is 23.0 Å². The van der Waals surface area contributed by atoms with Gasteiger partial charge < -0.3 is 14.6 Å². The second-order valence-corrected chi connectivity index (χ2v) is 7.56. The molecule has 2 aromatic carbocycles. The summed E-state index contributed by atoms with van der Waals surface area (Å²) in [6, 6.07) is 7.55. The van der Waals surface area contributed by atoms with Crippen molar-refractivity contribution in [2.24, 2.45) is 0 Å². The lowest BCUT2D eigenvalue weighted by Crippen LogP contribution is -2.38. The minimum absolute atomic E-state index is 0.00366. The molecular weight excluding hydrogens is 318 g/mol. The van der Waals surface area contributed by atoms with Crippen molar-refractivity contribution in [3.63, 3.8) is 0 Å². The van der Waals surface area contributed by atoms with Gasteiger partial charge in [-0.15, -0.1) is 0 Å². The molecule has 1 unspecified atom stereocenters. The summed E-state index contributed by atoms with van der Waals surface area (Å²) in [7, 11) is -0.335. The number of β-amino-alcohol motifs (C(OH)–C–C–N with tert-alkyl or cyclic N) is 1. The van der Waals surface area contributed by atoms with E-state index < -0.39 is 16.1 Å². The zero-order valence-electron chi connectivity index (χ0n) is 13.2. The normalized spacial score (nSPS) is 18.7. The number of aliphatic hydroxyl groups excluding tert-OH is 1. The second kappa shape index (κ2) is 5.67. The second-order valence-electron chi connectivity index (χ2n) is 5.58. The summed E-state index contributed by atoms with van der Waals surface area (Å²) in [5, 5.41) is 12.2. The van der Waals surface area contributed by atoms with Crippen LogP contribution in [0.5, 0.6) is 11.5 Å². The average Bonchev–Trinajstić information content (AvgIpc) is 2.51. The number of aliphatic hydroxyl groups is 1. The van der Waals surface area contributed by atoms with Crippen LogP contribution in [-0.2, 0) is 16.6 Å². The van der Waals surface area contributed by atoms with Gasteiger partial charge in [0.05, 0.1) is 26.6 Å². The first-order valence-electron chi connectivity index (χ1n) is 7.17. The van der Waals surface area contributed by atoms with Gasteiger partial charge in [0.2, 0.25) is 10.0 Å². The summed E-state index contributed by atoms with van der Waals surface area (Å²) >= 11 is 0. The van der Waals surface area contributed by atoms with Gasteiger partial charge in [0, 0.05) is 35.0 Å². The Morgan fingerprint density at radius 2 is 1.70 bits per heavy atom. The molecule has 6 nitrogen and oxygen atoms in total. The highest BCUT2D eigenvalue weighted by Crippen LogP contribution is 2.46. The van der Waals surface area contributed by atoms with Gasteiger partial charge in [-0.25, -0.2) is 8.42 Å². The molecule has 0 aromatic heterocycles. The van der Waals surface area contributed by atoms with Crippen LogP contribution in [0.25, 0.3) is 10.8 Å². The van der Waals surface area contributed by atoms with Crippen molar-refractivity contribution in [1.82, 2.24) is 4.31 Å². The molecule has 3 rings (SSSR count). The zero-order valence-corrected chi connectivity index (χ0v) is 14.1. The van der Waals surface area contributed by atoms with Crippen LogP contribution in [0.4, 0.5) is 0 Å². The van der Waals surface area contributed by atoms with E-state index in [0.717, 1.165) is 17.0 Å². The molecule has 1 N–H and O–H groups in total. The largest absolute Gasteiger partial charge is 0.496 e. The maximum Gasteiger partial charge on any atom is 0.211 e. The van der Waals surface area contributed by atoms with Gasteiger partial charge >= 0.3 is 0 Å². The number of sulfonamides is 1. The number of nitrogens with zero attached hydrogens (tertiary/aromatic N) is 1. The first-order valence-corrected chi connectivity index (χ1v) is 9.02. The molecule has 1 atom stereocenters. The van der Waals surface area contributed by atoms with E-state index in [1.807, 2.05) is 24.3 Å².